The van der Waals surface area contributed by atoms with Gasteiger partial charge in [0, 0.05) is 4.47 Å². The van der Waals surface area contributed by atoms with Gasteiger partial charge >= 0.3 is 6.03 Å². The first-order valence-electron chi connectivity index (χ1n) is 10.7. The summed E-state index contributed by atoms with van der Waals surface area (Å²) in [7, 11) is 1.48. The molecular formula is C26H20Br2N2O6. The molecule has 1 N–H and O–H groups in total. The number of hydrogen-bond donors (Lipinski definition) is 1. The van der Waals surface area contributed by atoms with Crippen molar-refractivity contribution in [3.05, 3.63) is 86.8 Å². The molecular weight excluding hydrogens is 596 g/mol. The SMILES string of the molecule is COc1cc(/C=C2/C(=O)NC(=O)N(c3ccc(Br)cc3)C2=O)cc(Br)c1OCCOc1ccccc1. The van der Waals surface area contributed by atoms with Gasteiger partial charge in [-0.1, -0.05) is 34.1 Å². The van der Waals surface area contributed by atoms with Gasteiger partial charge in [-0.15, -0.1) is 0 Å². The molecule has 0 aliphatic carbocycles. The predicted molar refractivity (Wildman–Crippen MR) is 141 cm³/mol. The van der Waals surface area contributed by atoms with Crippen LogP contribution in [0.4, 0.5) is 10.5 Å². The van der Waals surface area contributed by atoms with Crippen molar-refractivity contribution < 1.29 is 28.6 Å². The lowest BCUT2D eigenvalue weighted by atomic mass is 10.1. The first-order chi connectivity index (χ1) is 17.4. The van der Waals surface area contributed by atoms with Crippen molar-refractivity contribution in [2.75, 3.05) is 25.2 Å². The Morgan fingerprint density at radius 3 is 2.31 bits per heavy atom. The third-order valence-corrected chi connectivity index (χ3v) is 6.21. The fourth-order valence-corrected chi connectivity index (χ4v) is 4.27. The Morgan fingerprint density at radius 1 is 0.917 bits per heavy atom. The van der Waals surface area contributed by atoms with Crippen LogP contribution >= 0.6 is 31.9 Å². The molecule has 0 aromatic heterocycles. The van der Waals surface area contributed by atoms with Crippen molar-refractivity contribution in [3.8, 4) is 17.2 Å². The van der Waals surface area contributed by atoms with Gasteiger partial charge in [0.05, 0.1) is 17.3 Å². The topological polar surface area (TPSA) is 94.2 Å². The number of methoxy groups -OCH3 is 1. The lowest BCUT2D eigenvalue weighted by Crippen LogP contribution is -2.54. The second-order valence-corrected chi connectivity index (χ2v) is 9.25. The molecule has 1 heterocycles. The number of halogens is 2. The third kappa shape index (κ3) is 5.77. The summed E-state index contributed by atoms with van der Waals surface area (Å²) in [6.07, 6.45) is 1.39. The van der Waals surface area contributed by atoms with Crippen LogP contribution in [0.2, 0.25) is 0 Å². The zero-order valence-corrected chi connectivity index (χ0v) is 22.2. The molecule has 3 aromatic rings. The number of urea groups is 1. The van der Waals surface area contributed by atoms with Crippen LogP contribution in [0.25, 0.3) is 6.08 Å². The average molecular weight is 616 g/mol. The lowest BCUT2D eigenvalue weighted by Gasteiger charge is -2.26. The van der Waals surface area contributed by atoms with E-state index in [1.807, 2.05) is 30.3 Å². The third-order valence-electron chi connectivity index (χ3n) is 5.09. The van der Waals surface area contributed by atoms with Crippen LogP contribution in [0.15, 0.2) is 81.2 Å². The highest BCUT2D eigenvalue weighted by atomic mass is 79.9. The van der Waals surface area contributed by atoms with Crippen molar-refractivity contribution in [3.63, 3.8) is 0 Å². The maximum Gasteiger partial charge on any atom is 0.335 e. The Balaban J connectivity index is 1.54. The molecule has 4 amide bonds. The van der Waals surface area contributed by atoms with E-state index in [4.69, 9.17) is 14.2 Å². The summed E-state index contributed by atoms with van der Waals surface area (Å²) >= 11 is 6.79. The molecule has 0 saturated carbocycles. The minimum atomic E-state index is -0.815. The standard InChI is InChI=1S/C26H20Br2N2O6/c1-34-22-15-16(14-21(28)23(22)36-12-11-35-19-5-3-2-4-6-19)13-20-24(31)29-26(33)30(25(20)32)18-9-7-17(27)8-10-18/h2-10,13-15H,11-12H2,1H3,(H,29,31,33)/b20-13-. The number of carbonyl (C=O) groups excluding carboxylic acids is 3. The maximum absolute atomic E-state index is 13.1. The van der Waals surface area contributed by atoms with Gasteiger partial charge in [-0.2, -0.15) is 0 Å². The highest BCUT2D eigenvalue weighted by molar-refractivity contribution is 9.10. The fourth-order valence-electron chi connectivity index (χ4n) is 3.43. The molecule has 0 unspecified atom stereocenters. The number of barbiturate groups is 1. The first-order valence-corrected chi connectivity index (χ1v) is 12.3. The largest absolute Gasteiger partial charge is 0.493 e. The number of carbonyl (C=O) groups is 3. The average Bonchev–Trinajstić information content (AvgIpc) is 2.86. The van der Waals surface area contributed by atoms with Gasteiger partial charge in [0.15, 0.2) is 11.5 Å². The number of ether oxygens (including phenoxy) is 3. The molecule has 10 heteroatoms. The number of amides is 4. The molecule has 0 bridgehead atoms. The van der Waals surface area contributed by atoms with Crippen molar-refractivity contribution in [1.29, 1.82) is 0 Å². The Hall–Kier alpha value is -3.63. The van der Waals surface area contributed by atoms with Crippen molar-refractivity contribution in [1.82, 2.24) is 5.32 Å². The second kappa shape index (κ2) is 11.4. The van der Waals surface area contributed by atoms with E-state index in [0.717, 1.165) is 15.1 Å². The molecule has 4 rings (SSSR count). The number of anilines is 1. The van der Waals surface area contributed by atoms with Crippen molar-refractivity contribution in [2.24, 2.45) is 0 Å². The van der Waals surface area contributed by atoms with E-state index in [0.29, 0.717) is 33.8 Å². The molecule has 184 valence electrons. The fraction of sp³-hybridized carbons (Fsp3) is 0.115. The number of hydrogen-bond acceptors (Lipinski definition) is 6. The zero-order chi connectivity index (χ0) is 25.7. The summed E-state index contributed by atoms with van der Waals surface area (Å²) < 4.78 is 18.3. The van der Waals surface area contributed by atoms with E-state index in [1.165, 1.54) is 13.2 Å². The summed E-state index contributed by atoms with van der Waals surface area (Å²) in [6.45, 7) is 0.579. The van der Waals surface area contributed by atoms with Crippen LogP contribution in [0.5, 0.6) is 17.2 Å². The number of nitrogens with zero attached hydrogens (tertiary/aromatic N) is 1. The van der Waals surface area contributed by atoms with E-state index in [1.54, 1.807) is 36.4 Å². The lowest BCUT2D eigenvalue weighted by molar-refractivity contribution is -0.122. The molecule has 1 aliphatic heterocycles. The van der Waals surface area contributed by atoms with Crippen molar-refractivity contribution >= 4 is 61.5 Å². The molecule has 1 saturated heterocycles. The Bertz CT molecular complexity index is 1330. The number of para-hydroxylation sites is 1. The first kappa shape index (κ1) is 25.5. The Kier molecular flexibility index (Phi) is 8.07. The Labute approximate surface area is 224 Å². The van der Waals surface area contributed by atoms with Gasteiger partial charge in [-0.05, 0) is 76.1 Å². The number of benzene rings is 3. The predicted octanol–water partition coefficient (Wildman–Crippen LogP) is 5.34. The van der Waals surface area contributed by atoms with Gasteiger partial charge < -0.3 is 14.2 Å². The Morgan fingerprint density at radius 2 is 1.61 bits per heavy atom. The molecule has 36 heavy (non-hydrogen) atoms. The molecule has 3 aromatic carbocycles. The minimum Gasteiger partial charge on any atom is -0.493 e. The monoisotopic (exact) mass is 614 g/mol. The number of nitrogens with one attached hydrogen (secondary N) is 1. The van der Waals surface area contributed by atoms with Gasteiger partial charge in [0.1, 0.15) is 24.5 Å². The summed E-state index contributed by atoms with van der Waals surface area (Å²) in [6, 6.07) is 18.5. The van der Waals surface area contributed by atoms with E-state index in [-0.39, 0.29) is 12.2 Å². The molecule has 8 nitrogen and oxygen atoms in total. The highest BCUT2D eigenvalue weighted by Gasteiger charge is 2.36. The van der Waals surface area contributed by atoms with Crippen LogP contribution in [-0.4, -0.2) is 38.2 Å². The quantitative estimate of drug-likeness (QED) is 0.209. The van der Waals surface area contributed by atoms with Crippen molar-refractivity contribution in [2.45, 2.75) is 0 Å². The van der Waals surface area contributed by atoms with Crippen LogP contribution in [0.1, 0.15) is 5.56 Å². The van der Waals surface area contributed by atoms with E-state index in [9.17, 15) is 14.4 Å². The van der Waals surface area contributed by atoms with Crippen LogP contribution < -0.4 is 24.4 Å². The van der Waals surface area contributed by atoms with E-state index < -0.39 is 17.8 Å². The minimum absolute atomic E-state index is 0.198. The van der Waals surface area contributed by atoms with Crippen LogP contribution in [0.3, 0.4) is 0 Å². The van der Waals surface area contributed by atoms with Gasteiger partial charge in [0.2, 0.25) is 0 Å². The second-order valence-electron chi connectivity index (χ2n) is 7.48. The van der Waals surface area contributed by atoms with Gasteiger partial charge in [-0.25, -0.2) is 9.69 Å². The molecule has 0 atom stereocenters. The normalized spacial score (nSPS) is 14.6. The summed E-state index contributed by atoms with van der Waals surface area (Å²) in [4.78, 5) is 38.9. The van der Waals surface area contributed by atoms with E-state index >= 15 is 0 Å². The molecule has 1 fully saturated rings. The zero-order valence-electron chi connectivity index (χ0n) is 19.0. The molecule has 0 spiro atoms. The molecule has 1 aliphatic rings. The van der Waals surface area contributed by atoms with Crippen LogP contribution in [0, 0.1) is 0 Å². The maximum atomic E-state index is 13.1. The van der Waals surface area contributed by atoms with E-state index in [2.05, 4.69) is 37.2 Å². The number of rotatable bonds is 8. The van der Waals surface area contributed by atoms with Gasteiger partial charge in [0.25, 0.3) is 11.8 Å². The van der Waals surface area contributed by atoms with Gasteiger partial charge in [-0.3, -0.25) is 14.9 Å². The summed E-state index contributed by atoms with van der Waals surface area (Å²) in [5.74, 6) is 0.0504. The smallest absolute Gasteiger partial charge is 0.335 e. The summed E-state index contributed by atoms with van der Waals surface area (Å²) in [5.41, 5.74) is 0.631. The number of imide groups is 2. The van der Waals surface area contributed by atoms with Crippen LogP contribution in [-0.2, 0) is 9.59 Å². The summed E-state index contributed by atoms with van der Waals surface area (Å²) in [5, 5.41) is 2.21. The molecule has 0 radical (unpaired) electrons. The highest BCUT2D eigenvalue weighted by Crippen LogP contribution is 2.37.